The first-order valence-corrected chi connectivity index (χ1v) is 11.1. The van der Waals surface area contributed by atoms with E-state index in [1.165, 1.54) is 10.9 Å². The lowest BCUT2D eigenvalue weighted by atomic mass is 9.96. The third-order valence-corrected chi connectivity index (χ3v) is 6.63. The predicted octanol–water partition coefficient (Wildman–Crippen LogP) is 3.95. The number of aryl methyl sites for hydroxylation is 1. The van der Waals surface area contributed by atoms with E-state index in [1.54, 1.807) is 23.5 Å². The zero-order valence-corrected chi connectivity index (χ0v) is 20.9. The minimum Gasteiger partial charge on any atom is -0.356 e. The lowest BCUT2D eigenvalue weighted by Gasteiger charge is -2.19. The normalized spacial score (nSPS) is 14.7. The molecule has 1 aromatic carbocycles. The van der Waals surface area contributed by atoms with Crippen molar-refractivity contribution in [3.8, 4) is 0 Å². The highest BCUT2D eigenvalue weighted by molar-refractivity contribution is 14.0. The van der Waals surface area contributed by atoms with E-state index in [1.807, 2.05) is 24.6 Å². The Balaban J connectivity index is 0.00000272. The molecule has 0 radical (unpaired) electrons. The number of rotatable bonds is 8. The van der Waals surface area contributed by atoms with Gasteiger partial charge < -0.3 is 15.2 Å². The summed E-state index contributed by atoms with van der Waals surface area (Å²) < 4.78 is 15.6. The molecular formula is C22H28FIN6S. The van der Waals surface area contributed by atoms with E-state index >= 15 is 0 Å². The first-order valence-electron chi connectivity index (χ1n) is 10.2. The van der Waals surface area contributed by atoms with Crippen LogP contribution in [0, 0.1) is 12.7 Å². The summed E-state index contributed by atoms with van der Waals surface area (Å²) in [7, 11) is 1.95. The Kier molecular flexibility index (Phi) is 8.04. The van der Waals surface area contributed by atoms with E-state index < -0.39 is 0 Å². The second-order valence-corrected chi connectivity index (χ2v) is 8.82. The summed E-state index contributed by atoms with van der Waals surface area (Å²) in [5.74, 6) is 2.25. The molecule has 2 heterocycles. The van der Waals surface area contributed by atoms with Crippen molar-refractivity contribution >= 4 is 41.3 Å². The van der Waals surface area contributed by atoms with Gasteiger partial charge in [-0.3, -0.25) is 0 Å². The minimum atomic E-state index is -0.181. The van der Waals surface area contributed by atoms with E-state index in [0.717, 1.165) is 55.5 Å². The minimum absolute atomic E-state index is 0. The average molecular weight is 554 g/mol. The molecule has 0 spiro atoms. The number of guanidine groups is 1. The number of nitrogens with zero attached hydrogens (tertiary/aromatic N) is 4. The van der Waals surface area contributed by atoms with Gasteiger partial charge in [0.1, 0.15) is 18.2 Å². The Morgan fingerprint density at radius 1 is 1.23 bits per heavy atom. The molecule has 2 aromatic heterocycles. The topological polar surface area (TPSA) is 67.1 Å². The quantitative estimate of drug-likeness (QED) is 0.252. The third-order valence-electron chi connectivity index (χ3n) is 5.69. The van der Waals surface area contributed by atoms with Crippen LogP contribution in [0.3, 0.4) is 0 Å². The summed E-state index contributed by atoms with van der Waals surface area (Å²) in [6.07, 6.45) is 3.04. The van der Waals surface area contributed by atoms with E-state index in [-0.39, 0.29) is 35.2 Å². The Morgan fingerprint density at radius 2 is 2.06 bits per heavy atom. The van der Waals surface area contributed by atoms with Gasteiger partial charge >= 0.3 is 0 Å². The van der Waals surface area contributed by atoms with Crippen LogP contribution in [0.2, 0.25) is 0 Å². The van der Waals surface area contributed by atoms with Crippen molar-refractivity contribution in [1.82, 2.24) is 25.4 Å². The second-order valence-electron chi connectivity index (χ2n) is 7.79. The van der Waals surface area contributed by atoms with Crippen molar-refractivity contribution in [2.75, 3.05) is 13.1 Å². The van der Waals surface area contributed by atoms with Crippen molar-refractivity contribution in [3.63, 3.8) is 0 Å². The molecule has 1 aliphatic rings. The van der Waals surface area contributed by atoms with Crippen LogP contribution in [0.5, 0.6) is 0 Å². The van der Waals surface area contributed by atoms with Crippen LogP contribution >= 0.6 is 35.3 Å². The van der Waals surface area contributed by atoms with Crippen LogP contribution in [-0.4, -0.2) is 33.8 Å². The van der Waals surface area contributed by atoms with Gasteiger partial charge in [0, 0.05) is 30.4 Å². The Bertz CT molecular complexity index is 1010. The summed E-state index contributed by atoms with van der Waals surface area (Å²) in [6.45, 7) is 3.88. The smallest absolute Gasteiger partial charge is 0.191 e. The van der Waals surface area contributed by atoms with Gasteiger partial charge in [-0.2, -0.15) is 0 Å². The van der Waals surface area contributed by atoms with Gasteiger partial charge in [0.15, 0.2) is 11.8 Å². The van der Waals surface area contributed by atoms with E-state index in [4.69, 9.17) is 4.99 Å². The molecule has 1 aliphatic carbocycles. The molecule has 0 bridgehead atoms. The monoisotopic (exact) mass is 554 g/mol. The standard InChI is InChI=1S/C22H27FN6S.HI/c1-16-27-28-20(29(16)2)14-25-21(24-11-8-19-7-4-12-30-19)26-15-22(9-10-22)17-5-3-6-18(23)13-17;/h3-7,12-13H,8-11,14-15H2,1-2H3,(H2,24,25,26);1H. The molecule has 0 unspecified atom stereocenters. The molecule has 166 valence electrons. The maximum atomic E-state index is 13.7. The summed E-state index contributed by atoms with van der Waals surface area (Å²) in [5, 5.41) is 17.3. The third kappa shape index (κ3) is 6.03. The SMILES string of the molecule is Cc1nnc(CN=C(NCCc2cccs2)NCC2(c3cccc(F)c3)CC2)n1C.I. The largest absolute Gasteiger partial charge is 0.356 e. The van der Waals surface area contributed by atoms with Gasteiger partial charge in [-0.1, -0.05) is 18.2 Å². The van der Waals surface area contributed by atoms with Gasteiger partial charge in [-0.25, -0.2) is 9.38 Å². The Labute approximate surface area is 203 Å². The van der Waals surface area contributed by atoms with Crippen molar-refractivity contribution in [3.05, 3.63) is 69.7 Å². The van der Waals surface area contributed by atoms with Crippen LogP contribution in [0.15, 0.2) is 46.8 Å². The van der Waals surface area contributed by atoms with Crippen LogP contribution in [0.4, 0.5) is 4.39 Å². The van der Waals surface area contributed by atoms with Crippen LogP contribution < -0.4 is 10.6 Å². The fraction of sp³-hybridized carbons (Fsp3) is 0.409. The zero-order chi connectivity index (χ0) is 21.0. The molecule has 4 rings (SSSR count). The lowest BCUT2D eigenvalue weighted by molar-refractivity contribution is 0.606. The fourth-order valence-corrected chi connectivity index (χ4v) is 4.17. The van der Waals surface area contributed by atoms with E-state index in [9.17, 15) is 4.39 Å². The number of aliphatic imine (C=N–C) groups is 1. The average Bonchev–Trinajstić information content (AvgIpc) is 3.23. The summed E-state index contributed by atoms with van der Waals surface area (Å²) >= 11 is 1.76. The summed E-state index contributed by atoms with van der Waals surface area (Å²) in [6, 6.07) is 11.2. The van der Waals surface area contributed by atoms with E-state index in [2.05, 4.69) is 38.3 Å². The van der Waals surface area contributed by atoms with E-state index in [0.29, 0.717) is 6.54 Å². The number of nitrogens with one attached hydrogen (secondary N) is 2. The number of hydrogen-bond acceptors (Lipinski definition) is 4. The Hall–Kier alpha value is -2.01. The van der Waals surface area contributed by atoms with Crippen LogP contribution in [0.25, 0.3) is 0 Å². The van der Waals surface area contributed by atoms with Crippen molar-refractivity contribution in [2.45, 2.75) is 38.1 Å². The van der Waals surface area contributed by atoms with Crippen LogP contribution in [0.1, 0.15) is 34.9 Å². The molecule has 1 fully saturated rings. The maximum Gasteiger partial charge on any atom is 0.191 e. The molecule has 6 nitrogen and oxygen atoms in total. The van der Waals surface area contributed by atoms with Gasteiger partial charge in [0.05, 0.1) is 0 Å². The van der Waals surface area contributed by atoms with Gasteiger partial charge in [-0.05, 0) is 55.3 Å². The lowest BCUT2D eigenvalue weighted by Crippen LogP contribution is -2.42. The predicted molar refractivity (Wildman–Crippen MR) is 134 cm³/mol. The molecule has 9 heteroatoms. The maximum absolute atomic E-state index is 13.7. The van der Waals surface area contributed by atoms with Gasteiger partial charge in [-0.15, -0.1) is 45.5 Å². The molecule has 0 saturated heterocycles. The zero-order valence-electron chi connectivity index (χ0n) is 17.8. The van der Waals surface area contributed by atoms with Crippen molar-refractivity contribution in [1.29, 1.82) is 0 Å². The van der Waals surface area contributed by atoms with Gasteiger partial charge in [0.25, 0.3) is 0 Å². The van der Waals surface area contributed by atoms with Crippen molar-refractivity contribution < 1.29 is 4.39 Å². The summed E-state index contributed by atoms with van der Waals surface area (Å²) in [4.78, 5) is 6.07. The number of halogens is 2. The molecule has 2 N–H and O–H groups in total. The molecule has 31 heavy (non-hydrogen) atoms. The molecule has 0 amide bonds. The molecular weight excluding hydrogens is 526 g/mol. The van der Waals surface area contributed by atoms with Crippen molar-refractivity contribution in [2.24, 2.45) is 12.0 Å². The number of hydrogen-bond donors (Lipinski definition) is 2. The first kappa shape index (κ1) is 23.6. The number of aromatic nitrogens is 3. The van der Waals surface area contributed by atoms with Gasteiger partial charge in [0.2, 0.25) is 0 Å². The highest BCUT2D eigenvalue weighted by atomic mass is 127. The highest BCUT2D eigenvalue weighted by Gasteiger charge is 2.44. The number of thiophene rings is 1. The van der Waals surface area contributed by atoms with Crippen LogP contribution in [-0.2, 0) is 25.4 Å². The first-order chi connectivity index (χ1) is 14.6. The second kappa shape index (κ2) is 10.5. The molecule has 3 aromatic rings. The molecule has 0 aliphatic heterocycles. The molecule has 1 saturated carbocycles. The number of benzene rings is 1. The molecule has 0 atom stereocenters. The fourth-order valence-electron chi connectivity index (χ4n) is 3.46. The Morgan fingerprint density at radius 3 is 2.71 bits per heavy atom. The highest BCUT2D eigenvalue weighted by Crippen LogP contribution is 2.47. The summed E-state index contributed by atoms with van der Waals surface area (Å²) in [5.41, 5.74) is 1.04.